The Morgan fingerprint density at radius 2 is 1.95 bits per heavy atom. The molecule has 5 heteroatoms. The Bertz CT molecular complexity index is 443. The van der Waals surface area contributed by atoms with E-state index >= 15 is 0 Å². The number of carboxylic acids is 1. The lowest BCUT2D eigenvalue weighted by Crippen LogP contribution is -2.47. The lowest BCUT2D eigenvalue weighted by molar-refractivity contribution is -0.139. The van der Waals surface area contributed by atoms with Crippen molar-refractivity contribution in [3.63, 3.8) is 0 Å². The average Bonchev–Trinajstić information content (AvgIpc) is 3.21. The summed E-state index contributed by atoms with van der Waals surface area (Å²) in [6, 6.07) is 7.95. The molecule has 1 saturated carbocycles. The molecular formula is C14H18N2O3. The zero-order valence-electron chi connectivity index (χ0n) is 10.6. The van der Waals surface area contributed by atoms with Gasteiger partial charge >= 0.3 is 12.0 Å². The van der Waals surface area contributed by atoms with Gasteiger partial charge in [0.1, 0.15) is 6.04 Å². The van der Waals surface area contributed by atoms with E-state index in [-0.39, 0.29) is 6.42 Å². The molecule has 0 aliphatic heterocycles. The molecule has 0 heterocycles. The molecule has 1 aromatic carbocycles. The minimum atomic E-state index is -1.02. The number of amides is 2. The largest absolute Gasteiger partial charge is 0.480 e. The van der Waals surface area contributed by atoms with Gasteiger partial charge in [0.05, 0.1) is 0 Å². The van der Waals surface area contributed by atoms with E-state index in [1.54, 1.807) is 0 Å². The fourth-order valence-corrected chi connectivity index (χ4v) is 1.82. The first kappa shape index (κ1) is 13.4. The van der Waals surface area contributed by atoms with Crippen molar-refractivity contribution in [2.45, 2.75) is 25.3 Å². The molecule has 1 aliphatic rings. The van der Waals surface area contributed by atoms with Crippen molar-refractivity contribution in [2.24, 2.45) is 5.92 Å². The zero-order chi connectivity index (χ0) is 13.7. The summed E-state index contributed by atoms with van der Waals surface area (Å²) in [5, 5.41) is 14.3. The zero-order valence-corrected chi connectivity index (χ0v) is 10.6. The molecule has 0 bridgehead atoms. The Labute approximate surface area is 112 Å². The van der Waals surface area contributed by atoms with Crippen LogP contribution in [0.25, 0.3) is 0 Å². The van der Waals surface area contributed by atoms with Gasteiger partial charge in [0.2, 0.25) is 0 Å². The first-order chi connectivity index (χ1) is 9.15. The van der Waals surface area contributed by atoms with Gasteiger partial charge in [-0.05, 0) is 24.3 Å². The van der Waals surface area contributed by atoms with Crippen LogP contribution in [-0.4, -0.2) is 29.7 Å². The Morgan fingerprint density at radius 3 is 2.53 bits per heavy atom. The molecule has 2 amide bonds. The number of carbonyl (C=O) groups excluding carboxylic acids is 1. The maximum absolute atomic E-state index is 11.6. The Hall–Kier alpha value is -2.04. The van der Waals surface area contributed by atoms with E-state index in [1.165, 1.54) is 0 Å². The second kappa shape index (κ2) is 6.22. The van der Waals surface area contributed by atoms with E-state index < -0.39 is 18.0 Å². The van der Waals surface area contributed by atoms with E-state index in [2.05, 4.69) is 10.6 Å². The van der Waals surface area contributed by atoms with Crippen LogP contribution in [0, 0.1) is 5.92 Å². The minimum Gasteiger partial charge on any atom is -0.480 e. The van der Waals surface area contributed by atoms with Crippen molar-refractivity contribution in [3.8, 4) is 0 Å². The van der Waals surface area contributed by atoms with Crippen LogP contribution in [0.4, 0.5) is 4.79 Å². The highest BCUT2D eigenvalue weighted by atomic mass is 16.4. The van der Waals surface area contributed by atoms with E-state index in [9.17, 15) is 9.59 Å². The second-order valence-corrected chi connectivity index (χ2v) is 4.88. The van der Waals surface area contributed by atoms with Gasteiger partial charge in [-0.25, -0.2) is 9.59 Å². The van der Waals surface area contributed by atoms with Crippen molar-refractivity contribution in [3.05, 3.63) is 35.9 Å². The predicted octanol–water partition coefficient (Wildman–Crippen LogP) is 1.39. The van der Waals surface area contributed by atoms with Gasteiger partial charge in [-0.1, -0.05) is 30.3 Å². The highest BCUT2D eigenvalue weighted by Gasteiger charge is 2.24. The first-order valence-corrected chi connectivity index (χ1v) is 6.46. The van der Waals surface area contributed by atoms with Gasteiger partial charge in [-0.15, -0.1) is 0 Å². The lowest BCUT2D eigenvalue weighted by atomic mass is 10.1. The van der Waals surface area contributed by atoms with Gasteiger partial charge in [0.25, 0.3) is 0 Å². The quantitative estimate of drug-likeness (QED) is 0.725. The molecule has 102 valence electrons. The van der Waals surface area contributed by atoms with Gasteiger partial charge in [-0.3, -0.25) is 0 Å². The molecule has 1 aliphatic carbocycles. The molecule has 0 saturated heterocycles. The number of hydrogen-bond donors (Lipinski definition) is 3. The van der Waals surface area contributed by atoms with Gasteiger partial charge in [0, 0.05) is 13.0 Å². The molecular weight excluding hydrogens is 244 g/mol. The molecule has 1 aromatic rings. The van der Waals surface area contributed by atoms with Crippen molar-refractivity contribution in [1.29, 1.82) is 0 Å². The number of benzene rings is 1. The summed E-state index contributed by atoms with van der Waals surface area (Å²) in [5.41, 5.74) is 0.886. The van der Waals surface area contributed by atoms with Crippen LogP contribution in [0.15, 0.2) is 30.3 Å². The number of carboxylic acid groups (broad SMARTS) is 1. The van der Waals surface area contributed by atoms with Crippen molar-refractivity contribution >= 4 is 12.0 Å². The SMILES string of the molecule is O=C(NCC1CC1)N[C@@H](Cc1ccccc1)C(=O)O. The van der Waals surface area contributed by atoms with Crippen LogP contribution in [0.2, 0.25) is 0 Å². The third-order valence-corrected chi connectivity index (χ3v) is 3.13. The molecule has 0 unspecified atom stereocenters. The van der Waals surface area contributed by atoms with Crippen LogP contribution < -0.4 is 10.6 Å². The highest BCUT2D eigenvalue weighted by molar-refractivity contribution is 5.82. The number of urea groups is 1. The molecule has 1 fully saturated rings. The molecule has 0 spiro atoms. The molecule has 0 aromatic heterocycles. The van der Waals surface area contributed by atoms with E-state index in [4.69, 9.17) is 5.11 Å². The normalized spacial score (nSPS) is 15.6. The topological polar surface area (TPSA) is 78.4 Å². The monoisotopic (exact) mass is 262 g/mol. The second-order valence-electron chi connectivity index (χ2n) is 4.88. The fourth-order valence-electron chi connectivity index (χ4n) is 1.82. The number of rotatable bonds is 6. The highest BCUT2D eigenvalue weighted by Crippen LogP contribution is 2.27. The Balaban J connectivity index is 1.84. The summed E-state index contributed by atoms with van der Waals surface area (Å²) in [5.74, 6) is -0.450. The summed E-state index contributed by atoms with van der Waals surface area (Å²) in [6.07, 6.45) is 2.58. The molecule has 2 rings (SSSR count). The molecule has 19 heavy (non-hydrogen) atoms. The first-order valence-electron chi connectivity index (χ1n) is 6.46. The minimum absolute atomic E-state index is 0.285. The standard InChI is InChI=1S/C14H18N2O3/c17-13(18)12(8-10-4-2-1-3-5-10)16-14(19)15-9-11-6-7-11/h1-5,11-12H,6-9H2,(H,17,18)(H2,15,16,19)/t12-/m0/s1. The van der Waals surface area contributed by atoms with E-state index in [1.807, 2.05) is 30.3 Å². The number of aliphatic carboxylic acids is 1. The number of hydrogen-bond acceptors (Lipinski definition) is 2. The van der Waals surface area contributed by atoms with Gasteiger partial charge < -0.3 is 15.7 Å². The van der Waals surface area contributed by atoms with E-state index in [0.29, 0.717) is 12.5 Å². The van der Waals surface area contributed by atoms with E-state index in [0.717, 1.165) is 18.4 Å². The van der Waals surface area contributed by atoms with Crippen LogP contribution in [-0.2, 0) is 11.2 Å². The van der Waals surface area contributed by atoms with Crippen molar-refractivity contribution in [2.75, 3.05) is 6.54 Å². The third kappa shape index (κ3) is 4.62. The molecule has 5 nitrogen and oxygen atoms in total. The third-order valence-electron chi connectivity index (χ3n) is 3.13. The molecule has 1 atom stereocenters. The van der Waals surface area contributed by atoms with Crippen molar-refractivity contribution < 1.29 is 14.7 Å². The smallest absolute Gasteiger partial charge is 0.326 e. The Kier molecular flexibility index (Phi) is 4.39. The lowest BCUT2D eigenvalue weighted by Gasteiger charge is -2.15. The fraction of sp³-hybridized carbons (Fsp3) is 0.429. The molecule has 0 radical (unpaired) electrons. The summed E-state index contributed by atoms with van der Waals surface area (Å²) in [6.45, 7) is 0.628. The maximum atomic E-state index is 11.6. The van der Waals surface area contributed by atoms with Crippen LogP contribution in [0.5, 0.6) is 0 Å². The molecule has 3 N–H and O–H groups in total. The van der Waals surface area contributed by atoms with Crippen molar-refractivity contribution in [1.82, 2.24) is 10.6 Å². The summed E-state index contributed by atoms with van der Waals surface area (Å²) in [4.78, 5) is 22.7. The number of carbonyl (C=O) groups is 2. The predicted molar refractivity (Wildman–Crippen MR) is 70.8 cm³/mol. The summed E-state index contributed by atoms with van der Waals surface area (Å²) in [7, 11) is 0. The van der Waals surface area contributed by atoms with Crippen LogP contribution in [0.3, 0.4) is 0 Å². The van der Waals surface area contributed by atoms with Gasteiger partial charge in [0.15, 0.2) is 0 Å². The van der Waals surface area contributed by atoms with Crippen LogP contribution >= 0.6 is 0 Å². The summed E-state index contributed by atoms with van der Waals surface area (Å²) >= 11 is 0. The van der Waals surface area contributed by atoms with Gasteiger partial charge in [-0.2, -0.15) is 0 Å². The van der Waals surface area contributed by atoms with Crippen LogP contribution in [0.1, 0.15) is 18.4 Å². The summed E-state index contributed by atoms with van der Waals surface area (Å²) < 4.78 is 0. The number of nitrogens with one attached hydrogen (secondary N) is 2. The Morgan fingerprint density at radius 1 is 1.26 bits per heavy atom. The average molecular weight is 262 g/mol. The maximum Gasteiger partial charge on any atom is 0.326 e.